The monoisotopic (exact) mass is 285 g/mol. The Morgan fingerprint density at radius 3 is 2.56 bits per heavy atom. The third kappa shape index (κ3) is 1.96. The standard InChI is InChI=1S/C10H5Cl2N3O3/c11-9-6(5-16)10(12)14(13-9)7-3-1-2-4-8(7)15(17)18/h1-5H. The molecule has 6 nitrogen and oxygen atoms in total. The number of aromatic nitrogens is 2. The molecule has 0 aliphatic heterocycles. The molecule has 1 aromatic carbocycles. The Hall–Kier alpha value is -1.92. The fourth-order valence-electron chi connectivity index (χ4n) is 1.44. The van der Waals surface area contributed by atoms with E-state index in [9.17, 15) is 14.9 Å². The largest absolute Gasteiger partial charge is 0.298 e. The molecule has 2 aromatic rings. The molecule has 0 aliphatic rings. The first-order valence-corrected chi connectivity index (χ1v) is 5.45. The molecule has 0 bridgehead atoms. The molecule has 0 atom stereocenters. The Kier molecular flexibility index (Phi) is 3.31. The van der Waals surface area contributed by atoms with Crippen molar-refractivity contribution in [3.63, 3.8) is 0 Å². The van der Waals surface area contributed by atoms with Crippen LogP contribution in [0.5, 0.6) is 0 Å². The summed E-state index contributed by atoms with van der Waals surface area (Å²) in [5.41, 5.74) is -0.0463. The minimum atomic E-state index is -0.568. The molecule has 0 aliphatic carbocycles. The minimum Gasteiger partial charge on any atom is -0.298 e. The first kappa shape index (κ1) is 12.5. The average Bonchev–Trinajstić information content (AvgIpc) is 2.64. The molecule has 0 saturated carbocycles. The van der Waals surface area contributed by atoms with Crippen LogP contribution in [0.2, 0.25) is 10.3 Å². The van der Waals surface area contributed by atoms with E-state index in [1.54, 1.807) is 6.07 Å². The Morgan fingerprint density at radius 1 is 1.33 bits per heavy atom. The normalized spacial score (nSPS) is 10.3. The zero-order valence-corrected chi connectivity index (χ0v) is 10.2. The van der Waals surface area contributed by atoms with Crippen LogP contribution in [0.1, 0.15) is 10.4 Å². The van der Waals surface area contributed by atoms with Crippen molar-refractivity contribution < 1.29 is 9.72 Å². The molecule has 0 saturated heterocycles. The van der Waals surface area contributed by atoms with Gasteiger partial charge in [0.25, 0.3) is 5.69 Å². The molecule has 1 heterocycles. The molecule has 1 aromatic heterocycles. The number of nitro groups is 1. The quantitative estimate of drug-likeness (QED) is 0.493. The van der Waals surface area contributed by atoms with E-state index in [0.29, 0.717) is 6.29 Å². The number of carbonyl (C=O) groups excluding carboxylic acids is 1. The SMILES string of the molecule is O=Cc1c(Cl)nn(-c2ccccc2[N+](=O)[O-])c1Cl. The number of nitrogens with zero attached hydrogens (tertiary/aromatic N) is 3. The van der Waals surface area contributed by atoms with Gasteiger partial charge in [-0.15, -0.1) is 0 Å². The summed E-state index contributed by atoms with van der Waals surface area (Å²) in [6.07, 6.45) is 0.447. The molecule has 92 valence electrons. The van der Waals surface area contributed by atoms with Crippen molar-refractivity contribution in [2.45, 2.75) is 0 Å². The van der Waals surface area contributed by atoms with Gasteiger partial charge in [-0.2, -0.15) is 5.10 Å². The highest BCUT2D eigenvalue weighted by molar-refractivity contribution is 6.37. The van der Waals surface area contributed by atoms with Crippen molar-refractivity contribution >= 4 is 35.2 Å². The number of nitro benzene ring substituents is 1. The summed E-state index contributed by atoms with van der Waals surface area (Å²) in [4.78, 5) is 21.1. The predicted octanol–water partition coefficient (Wildman–Crippen LogP) is 2.90. The lowest BCUT2D eigenvalue weighted by Crippen LogP contribution is -2.01. The van der Waals surface area contributed by atoms with Gasteiger partial charge in [0.1, 0.15) is 10.8 Å². The van der Waals surface area contributed by atoms with Gasteiger partial charge < -0.3 is 0 Å². The summed E-state index contributed by atoms with van der Waals surface area (Å²) in [6, 6.07) is 5.87. The summed E-state index contributed by atoms with van der Waals surface area (Å²) >= 11 is 11.6. The molecule has 8 heteroatoms. The van der Waals surface area contributed by atoms with Crippen molar-refractivity contribution in [3.8, 4) is 5.69 Å². The fraction of sp³-hybridized carbons (Fsp3) is 0. The van der Waals surface area contributed by atoms with Gasteiger partial charge in [0, 0.05) is 6.07 Å². The molecule has 0 spiro atoms. The molecule has 0 unspecified atom stereocenters. The minimum absolute atomic E-state index is 0.00326. The zero-order chi connectivity index (χ0) is 13.3. The highest BCUT2D eigenvalue weighted by Gasteiger charge is 2.21. The van der Waals surface area contributed by atoms with Gasteiger partial charge in [-0.1, -0.05) is 35.3 Å². The highest BCUT2D eigenvalue weighted by Crippen LogP contribution is 2.29. The number of halogens is 2. The summed E-state index contributed by atoms with van der Waals surface area (Å²) in [6.45, 7) is 0. The molecular weight excluding hydrogens is 281 g/mol. The predicted molar refractivity (Wildman–Crippen MR) is 65.6 cm³/mol. The van der Waals surface area contributed by atoms with Crippen LogP contribution in [0.25, 0.3) is 5.69 Å². The van der Waals surface area contributed by atoms with Gasteiger partial charge in [0.15, 0.2) is 11.4 Å². The number of hydrogen-bond acceptors (Lipinski definition) is 4. The number of benzene rings is 1. The van der Waals surface area contributed by atoms with Crippen molar-refractivity contribution in [1.29, 1.82) is 0 Å². The summed E-state index contributed by atoms with van der Waals surface area (Å²) in [5.74, 6) is 0. The molecule has 18 heavy (non-hydrogen) atoms. The van der Waals surface area contributed by atoms with Crippen LogP contribution < -0.4 is 0 Å². The molecule has 0 radical (unpaired) electrons. The van der Waals surface area contributed by atoms with Gasteiger partial charge in [0.2, 0.25) is 0 Å². The lowest BCUT2D eigenvalue weighted by molar-refractivity contribution is -0.384. The maximum absolute atomic E-state index is 10.9. The second kappa shape index (κ2) is 4.75. The second-order valence-corrected chi connectivity index (χ2v) is 3.99. The van der Waals surface area contributed by atoms with E-state index >= 15 is 0 Å². The van der Waals surface area contributed by atoms with Gasteiger partial charge in [0.05, 0.1) is 10.5 Å². The van der Waals surface area contributed by atoms with Crippen LogP contribution in [-0.2, 0) is 0 Å². The molecule has 0 fully saturated rings. The van der Waals surface area contributed by atoms with Gasteiger partial charge >= 0.3 is 0 Å². The Morgan fingerprint density at radius 2 is 2.00 bits per heavy atom. The maximum atomic E-state index is 10.9. The number of rotatable bonds is 3. The summed E-state index contributed by atoms with van der Waals surface area (Å²) in [5, 5.41) is 14.5. The molecule has 0 amide bonds. The number of aldehydes is 1. The van der Waals surface area contributed by atoms with E-state index in [0.717, 1.165) is 4.68 Å². The van der Waals surface area contributed by atoms with Gasteiger partial charge in [-0.25, -0.2) is 4.68 Å². The zero-order valence-electron chi connectivity index (χ0n) is 8.71. The first-order valence-electron chi connectivity index (χ1n) is 4.69. The molecule has 0 N–H and O–H groups in total. The van der Waals surface area contributed by atoms with Crippen LogP contribution in [0.4, 0.5) is 5.69 Å². The maximum Gasteiger partial charge on any atom is 0.294 e. The summed E-state index contributed by atoms with van der Waals surface area (Å²) < 4.78 is 1.06. The van der Waals surface area contributed by atoms with Crippen LogP contribution >= 0.6 is 23.2 Å². The van der Waals surface area contributed by atoms with Crippen LogP contribution in [0, 0.1) is 10.1 Å². The summed E-state index contributed by atoms with van der Waals surface area (Å²) in [7, 11) is 0. The highest BCUT2D eigenvalue weighted by atomic mass is 35.5. The molecular formula is C10H5Cl2N3O3. The third-order valence-corrected chi connectivity index (χ3v) is 2.89. The van der Waals surface area contributed by atoms with E-state index in [2.05, 4.69) is 5.10 Å². The Balaban J connectivity index is 2.70. The van der Waals surface area contributed by atoms with Crippen molar-refractivity contribution in [2.24, 2.45) is 0 Å². The van der Waals surface area contributed by atoms with Crippen LogP contribution in [0.15, 0.2) is 24.3 Å². The lowest BCUT2D eigenvalue weighted by atomic mass is 10.3. The Labute approximate surface area is 111 Å². The van der Waals surface area contributed by atoms with E-state index in [4.69, 9.17) is 23.2 Å². The average molecular weight is 286 g/mol. The second-order valence-electron chi connectivity index (χ2n) is 3.27. The van der Waals surface area contributed by atoms with Crippen molar-refractivity contribution in [1.82, 2.24) is 9.78 Å². The van der Waals surface area contributed by atoms with Gasteiger partial charge in [-0.3, -0.25) is 14.9 Å². The van der Waals surface area contributed by atoms with E-state index in [1.165, 1.54) is 18.2 Å². The van der Waals surface area contributed by atoms with Crippen molar-refractivity contribution in [3.05, 3.63) is 50.2 Å². The molecule has 2 rings (SSSR count). The number of carbonyl (C=O) groups is 1. The Bertz CT molecular complexity index is 639. The topological polar surface area (TPSA) is 78.0 Å². The van der Waals surface area contributed by atoms with Gasteiger partial charge in [-0.05, 0) is 6.07 Å². The smallest absolute Gasteiger partial charge is 0.294 e. The number of hydrogen-bond donors (Lipinski definition) is 0. The fourth-order valence-corrected chi connectivity index (χ4v) is 1.96. The van der Waals surface area contributed by atoms with Crippen LogP contribution in [0.3, 0.4) is 0 Å². The van der Waals surface area contributed by atoms with E-state index in [1.807, 2.05) is 0 Å². The van der Waals surface area contributed by atoms with Crippen molar-refractivity contribution in [2.75, 3.05) is 0 Å². The van der Waals surface area contributed by atoms with E-state index in [-0.39, 0.29) is 27.2 Å². The first-order chi connectivity index (χ1) is 8.56. The number of para-hydroxylation sites is 2. The van der Waals surface area contributed by atoms with E-state index < -0.39 is 4.92 Å². The van der Waals surface area contributed by atoms with Crippen LogP contribution in [-0.4, -0.2) is 21.0 Å². The third-order valence-electron chi connectivity index (χ3n) is 2.24. The lowest BCUT2D eigenvalue weighted by Gasteiger charge is -2.03.